The van der Waals surface area contributed by atoms with E-state index in [1.807, 2.05) is 0 Å². The molecular formula is C28H29F3N2O6. The zero-order valence-electron chi connectivity index (χ0n) is 22.1. The Morgan fingerprint density at radius 3 is 2.03 bits per heavy atom. The zero-order chi connectivity index (χ0) is 28.3. The molecule has 208 valence electrons. The molecule has 11 heteroatoms. The van der Waals surface area contributed by atoms with Gasteiger partial charge in [0.05, 0.1) is 52.8 Å². The van der Waals surface area contributed by atoms with Crippen molar-refractivity contribution in [2.75, 3.05) is 47.4 Å². The van der Waals surface area contributed by atoms with Crippen molar-refractivity contribution < 1.29 is 41.7 Å². The summed E-state index contributed by atoms with van der Waals surface area (Å²) in [4.78, 5) is 15.2. The van der Waals surface area contributed by atoms with Crippen molar-refractivity contribution in [2.24, 2.45) is 0 Å². The number of anilines is 1. The summed E-state index contributed by atoms with van der Waals surface area (Å²) in [6, 6.07) is 10.3. The maximum Gasteiger partial charge on any atom is 0.416 e. The molecule has 8 nitrogen and oxygen atoms in total. The van der Waals surface area contributed by atoms with Crippen LogP contribution in [-0.4, -0.2) is 53.0 Å². The fraction of sp³-hybridized carbons (Fsp3) is 0.321. The van der Waals surface area contributed by atoms with Gasteiger partial charge in [-0.15, -0.1) is 0 Å². The lowest BCUT2D eigenvalue weighted by molar-refractivity contribution is -0.137. The second-order valence-electron chi connectivity index (χ2n) is 8.72. The minimum absolute atomic E-state index is 0.236. The third-order valence-electron chi connectivity index (χ3n) is 6.58. The van der Waals surface area contributed by atoms with Crippen LogP contribution in [0.25, 0.3) is 0 Å². The number of halogens is 3. The van der Waals surface area contributed by atoms with E-state index in [-0.39, 0.29) is 6.54 Å². The molecule has 1 N–H and O–H groups in total. The predicted octanol–water partition coefficient (Wildman–Crippen LogP) is 5.93. The highest BCUT2D eigenvalue weighted by Gasteiger charge is 2.36. The third kappa shape index (κ3) is 5.47. The van der Waals surface area contributed by atoms with Gasteiger partial charge in [-0.25, -0.2) is 4.79 Å². The van der Waals surface area contributed by atoms with Crippen molar-refractivity contribution in [3.63, 3.8) is 0 Å². The maximum atomic E-state index is 13.7. The standard InChI is InChI=1S/C28H29F3N2O6/c1-35-21-12-16-9-10-33(27(34)32-19-13-23(37-3)26(39-5)24(14-19)38-4)25(20(16)15-22(21)36-2)17-7-6-8-18(11-17)28(29,30)31/h6-8,11-15,25H,9-10H2,1-5H3,(H,32,34). The van der Waals surface area contributed by atoms with Gasteiger partial charge in [0.25, 0.3) is 0 Å². The number of urea groups is 1. The number of amides is 2. The molecule has 0 saturated heterocycles. The van der Waals surface area contributed by atoms with Crippen LogP contribution in [0.5, 0.6) is 28.7 Å². The molecule has 0 aromatic heterocycles. The second kappa shape index (κ2) is 11.2. The Morgan fingerprint density at radius 2 is 1.46 bits per heavy atom. The smallest absolute Gasteiger partial charge is 0.416 e. The third-order valence-corrected chi connectivity index (χ3v) is 6.58. The number of rotatable bonds is 7. The SMILES string of the molecule is COc1cc2c(cc1OC)C(c1cccc(C(F)(F)F)c1)N(C(=O)Nc1cc(OC)c(OC)c(OC)c1)CC2. The van der Waals surface area contributed by atoms with E-state index in [9.17, 15) is 18.0 Å². The average Bonchev–Trinajstić information content (AvgIpc) is 2.94. The summed E-state index contributed by atoms with van der Waals surface area (Å²) in [6.07, 6.45) is -4.10. The summed E-state index contributed by atoms with van der Waals surface area (Å²) < 4.78 is 67.9. The van der Waals surface area contributed by atoms with Gasteiger partial charge in [0, 0.05) is 18.7 Å². The fourth-order valence-electron chi connectivity index (χ4n) is 4.76. The number of fused-ring (bicyclic) bond motifs is 1. The number of alkyl halides is 3. The lowest BCUT2D eigenvalue weighted by atomic mass is 9.87. The number of nitrogens with zero attached hydrogens (tertiary/aromatic N) is 1. The number of carbonyl (C=O) groups is 1. The van der Waals surface area contributed by atoms with E-state index in [2.05, 4.69) is 5.32 Å². The van der Waals surface area contributed by atoms with Crippen LogP contribution >= 0.6 is 0 Å². The first kappa shape index (κ1) is 27.7. The van der Waals surface area contributed by atoms with Crippen LogP contribution in [0.15, 0.2) is 48.5 Å². The van der Waals surface area contributed by atoms with Crippen LogP contribution in [0.4, 0.5) is 23.7 Å². The molecule has 1 atom stereocenters. The Kier molecular flexibility index (Phi) is 7.98. The van der Waals surface area contributed by atoms with Gasteiger partial charge in [0.15, 0.2) is 23.0 Å². The summed E-state index contributed by atoms with van der Waals surface area (Å²) in [5, 5.41) is 2.83. The van der Waals surface area contributed by atoms with E-state index in [4.69, 9.17) is 23.7 Å². The first-order chi connectivity index (χ1) is 18.6. The van der Waals surface area contributed by atoms with E-state index >= 15 is 0 Å². The van der Waals surface area contributed by atoms with Gasteiger partial charge in [0.1, 0.15) is 0 Å². The Hall–Kier alpha value is -4.28. The fourth-order valence-corrected chi connectivity index (χ4v) is 4.76. The van der Waals surface area contributed by atoms with Gasteiger partial charge >= 0.3 is 12.2 Å². The molecular weight excluding hydrogens is 517 g/mol. The molecule has 0 saturated carbocycles. The second-order valence-corrected chi connectivity index (χ2v) is 8.72. The van der Waals surface area contributed by atoms with E-state index in [1.165, 1.54) is 46.5 Å². The quantitative estimate of drug-likeness (QED) is 0.396. The summed E-state index contributed by atoms with van der Waals surface area (Å²) in [6.45, 7) is 0.236. The maximum absolute atomic E-state index is 13.7. The van der Waals surface area contributed by atoms with Crippen molar-refractivity contribution in [3.05, 3.63) is 70.8 Å². The molecule has 0 spiro atoms. The molecule has 1 aliphatic rings. The Morgan fingerprint density at radius 1 is 0.846 bits per heavy atom. The summed E-state index contributed by atoms with van der Waals surface area (Å²) in [7, 11) is 7.36. The molecule has 39 heavy (non-hydrogen) atoms. The first-order valence-corrected chi connectivity index (χ1v) is 11.9. The van der Waals surface area contributed by atoms with Gasteiger partial charge < -0.3 is 33.9 Å². The average molecular weight is 547 g/mol. The van der Waals surface area contributed by atoms with Crippen LogP contribution in [0.2, 0.25) is 0 Å². The predicted molar refractivity (Wildman–Crippen MR) is 138 cm³/mol. The zero-order valence-corrected chi connectivity index (χ0v) is 22.1. The lowest BCUT2D eigenvalue weighted by Crippen LogP contribution is -2.43. The number of ether oxygens (including phenoxy) is 5. The molecule has 2 amide bonds. The molecule has 1 aliphatic heterocycles. The summed E-state index contributed by atoms with van der Waals surface area (Å²) >= 11 is 0. The Balaban J connectivity index is 1.80. The highest BCUT2D eigenvalue weighted by Crippen LogP contribution is 2.43. The Bertz CT molecular complexity index is 1340. The van der Waals surface area contributed by atoms with Gasteiger partial charge in [-0.1, -0.05) is 12.1 Å². The molecule has 3 aromatic carbocycles. The van der Waals surface area contributed by atoms with Crippen LogP contribution in [0.1, 0.15) is 28.3 Å². The van der Waals surface area contributed by atoms with Crippen LogP contribution in [0, 0.1) is 0 Å². The van der Waals surface area contributed by atoms with Crippen molar-refractivity contribution in [2.45, 2.75) is 18.6 Å². The molecule has 0 aliphatic carbocycles. The topological polar surface area (TPSA) is 78.5 Å². The van der Waals surface area contributed by atoms with Gasteiger partial charge in [0.2, 0.25) is 5.75 Å². The normalized spacial score (nSPS) is 14.8. The number of nitrogens with one attached hydrogen (secondary N) is 1. The van der Waals surface area contributed by atoms with Crippen molar-refractivity contribution in [1.82, 2.24) is 4.90 Å². The van der Waals surface area contributed by atoms with E-state index in [1.54, 1.807) is 30.3 Å². The minimum Gasteiger partial charge on any atom is -0.493 e. The molecule has 1 heterocycles. The molecule has 0 fully saturated rings. The largest absolute Gasteiger partial charge is 0.493 e. The van der Waals surface area contributed by atoms with Gasteiger partial charge in [-0.05, 0) is 47.4 Å². The van der Waals surface area contributed by atoms with Crippen molar-refractivity contribution >= 4 is 11.7 Å². The molecule has 3 aromatic rings. The molecule has 1 unspecified atom stereocenters. The van der Waals surface area contributed by atoms with Gasteiger partial charge in [-0.2, -0.15) is 13.2 Å². The summed E-state index contributed by atoms with van der Waals surface area (Å²) in [5.41, 5.74) is 1.33. The van der Waals surface area contributed by atoms with Crippen LogP contribution in [0.3, 0.4) is 0 Å². The number of hydrogen-bond donors (Lipinski definition) is 1. The van der Waals surface area contributed by atoms with Crippen molar-refractivity contribution in [1.29, 1.82) is 0 Å². The monoisotopic (exact) mass is 546 g/mol. The number of methoxy groups -OCH3 is 5. The van der Waals surface area contributed by atoms with E-state index in [0.717, 1.165) is 17.7 Å². The number of hydrogen-bond acceptors (Lipinski definition) is 6. The highest BCUT2D eigenvalue weighted by atomic mass is 19.4. The Labute approximate surface area is 224 Å². The lowest BCUT2D eigenvalue weighted by Gasteiger charge is -2.38. The summed E-state index contributed by atoms with van der Waals surface area (Å²) in [5.74, 6) is 1.92. The van der Waals surface area contributed by atoms with Crippen molar-refractivity contribution in [3.8, 4) is 28.7 Å². The van der Waals surface area contributed by atoms with Crippen LogP contribution < -0.4 is 29.0 Å². The highest BCUT2D eigenvalue weighted by molar-refractivity contribution is 5.91. The van der Waals surface area contributed by atoms with Gasteiger partial charge in [-0.3, -0.25) is 0 Å². The minimum atomic E-state index is -4.55. The molecule has 0 bridgehead atoms. The molecule has 0 radical (unpaired) electrons. The first-order valence-electron chi connectivity index (χ1n) is 11.9. The van der Waals surface area contributed by atoms with E-state index < -0.39 is 23.8 Å². The van der Waals surface area contributed by atoms with E-state index in [0.29, 0.717) is 52.0 Å². The molecule has 4 rings (SSSR count). The number of benzene rings is 3. The number of carbonyl (C=O) groups excluding carboxylic acids is 1. The van der Waals surface area contributed by atoms with Crippen LogP contribution in [-0.2, 0) is 12.6 Å².